The van der Waals surface area contributed by atoms with E-state index in [0.29, 0.717) is 42.6 Å². The summed E-state index contributed by atoms with van der Waals surface area (Å²) >= 11 is 6.41. The van der Waals surface area contributed by atoms with Crippen LogP contribution in [0.2, 0.25) is 5.15 Å². The van der Waals surface area contributed by atoms with E-state index in [4.69, 9.17) is 11.6 Å². The number of rotatable bonds is 8. The predicted molar refractivity (Wildman–Crippen MR) is 127 cm³/mol. The standard InChI is InChI=1S/C22H30ClN5O3S/c1-4-5-11-28-22(23)20(17(2)25-28)9-10-21(29)24-18-7-6-8-19(16-18)32(30,31)27-14-12-26(3)13-15-27/h6-10,16H,4-5,11-15H2,1-3H3,(H,24,29)/b10-9+. The molecule has 0 spiro atoms. The Labute approximate surface area is 194 Å². The van der Waals surface area contributed by atoms with Crippen molar-refractivity contribution in [1.82, 2.24) is 19.0 Å². The SMILES string of the molecule is CCCCn1nc(C)c(/C=C/C(=O)Nc2cccc(S(=O)(=O)N3CCN(C)CC3)c2)c1Cl. The zero-order chi connectivity index (χ0) is 23.3. The van der Waals surface area contributed by atoms with Gasteiger partial charge in [0.2, 0.25) is 15.9 Å². The van der Waals surface area contributed by atoms with E-state index in [-0.39, 0.29) is 10.8 Å². The second kappa shape index (κ2) is 10.6. The van der Waals surface area contributed by atoms with Crippen LogP contribution in [0.25, 0.3) is 6.08 Å². The molecule has 1 aromatic carbocycles. The second-order valence-corrected chi connectivity index (χ2v) is 10.2. The number of anilines is 1. The molecule has 1 amide bonds. The van der Waals surface area contributed by atoms with Crippen LogP contribution in [-0.2, 0) is 21.4 Å². The third-order valence-corrected chi connectivity index (χ3v) is 7.73. The number of amides is 1. The number of hydrogen-bond acceptors (Lipinski definition) is 5. The van der Waals surface area contributed by atoms with E-state index in [2.05, 4.69) is 22.2 Å². The van der Waals surface area contributed by atoms with Gasteiger partial charge in [0.25, 0.3) is 0 Å². The molecule has 0 atom stereocenters. The van der Waals surface area contributed by atoms with Crippen LogP contribution in [0.5, 0.6) is 0 Å². The van der Waals surface area contributed by atoms with Crippen molar-refractivity contribution in [2.45, 2.75) is 38.1 Å². The fraction of sp³-hybridized carbons (Fsp3) is 0.455. The molecule has 1 aliphatic rings. The highest BCUT2D eigenvalue weighted by molar-refractivity contribution is 7.89. The summed E-state index contributed by atoms with van der Waals surface area (Å²) < 4.78 is 29.1. The van der Waals surface area contributed by atoms with E-state index in [1.54, 1.807) is 29.0 Å². The smallest absolute Gasteiger partial charge is 0.248 e. The van der Waals surface area contributed by atoms with Gasteiger partial charge in [-0.05, 0) is 44.7 Å². The van der Waals surface area contributed by atoms with Gasteiger partial charge in [-0.3, -0.25) is 9.48 Å². The van der Waals surface area contributed by atoms with Crippen LogP contribution in [0.4, 0.5) is 5.69 Å². The number of aromatic nitrogens is 2. The normalized spacial score (nSPS) is 16.0. The molecule has 32 heavy (non-hydrogen) atoms. The molecule has 2 heterocycles. The van der Waals surface area contributed by atoms with Crippen molar-refractivity contribution >= 4 is 39.3 Å². The van der Waals surface area contributed by atoms with E-state index in [0.717, 1.165) is 25.1 Å². The van der Waals surface area contributed by atoms with E-state index in [1.165, 1.54) is 16.4 Å². The van der Waals surface area contributed by atoms with Gasteiger partial charge in [0.1, 0.15) is 5.15 Å². The molecule has 10 heteroatoms. The Morgan fingerprint density at radius 3 is 2.66 bits per heavy atom. The van der Waals surface area contributed by atoms with Crippen molar-refractivity contribution in [2.75, 3.05) is 38.5 Å². The lowest BCUT2D eigenvalue weighted by atomic mass is 10.2. The van der Waals surface area contributed by atoms with E-state index in [9.17, 15) is 13.2 Å². The zero-order valence-electron chi connectivity index (χ0n) is 18.7. The molecule has 3 rings (SSSR count). The molecule has 1 aliphatic heterocycles. The first-order chi connectivity index (χ1) is 15.2. The molecule has 1 fully saturated rings. The lowest BCUT2D eigenvalue weighted by Crippen LogP contribution is -2.47. The summed E-state index contributed by atoms with van der Waals surface area (Å²) in [6.45, 7) is 6.95. The van der Waals surface area contributed by atoms with Crippen LogP contribution in [0.3, 0.4) is 0 Å². The summed E-state index contributed by atoms with van der Waals surface area (Å²) in [7, 11) is -1.64. The number of unbranched alkanes of at least 4 members (excludes halogenated alkanes) is 1. The van der Waals surface area contributed by atoms with Gasteiger partial charge in [0.05, 0.1) is 10.6 Å². The molecule has 0 unspecified atom stereocenters. The van der Waals surface area contributed by atoms with Crippen LogP contribution in [-0.4, -0.2) is 66.5 Å². The molecule has 8 nitrogen and oxygen atoms in total. The largest absolute Gasteiger partial charge is 0.322 e. The molecule has 1 N–H and O–H groups in total. The van der Waals surface area contributed by atoms with Crippen molar-refractivity contribution in [2.24, 2.45) is 0 Å². The Morgan fingerprint density at radius 2 is 1.97 bits per heavy atom. The monoisotopic (exact) mass is 479 g/mol. The number of carbonyl (C=O) groups is 1. The lowest BCUT2D eigenvalue weighted by Gasteiger charge is -2.31. The van der Waals surface area contributed by atoms with Gasteiger partial charge in [-0.25, -0.2) is 8.42 Å². The van der Waals surface area contributed by atoms with Gasteiger partial charge in [-0.15, -0.1) is 0 Å². The number of sulfonamides is 1. The Hall–Kier alpha value is -2.20. The average molecular weight is 480 g/mol. The van der Waals surface area contributed by atoms with Crippen LogP contribution in [0, 0.1) is 6.92 Å². The molecule has 174 valence electrons. The number of nitrogens with one attached hydrogen (secondary N) is 1. The fourth-order valence-electron chi connectivity index (χ4n) is 3.47. The van der Waals surface area contributed by atoms with Gasteiger partial charge in [-0.1, -0.05) is 31.0 Å². The van der Waals surface area contributed by atoms with Crippen molar-refractivity contribution in [3.8, 4) is 0 Å². The van der Waals surface area contributed by atoms with E-state index < -0.39 is 10.0 Å². The van der Waals surface area contributed by atoms with E-state index >= 15 is 0 Å². The van der Waals surface area contributed by atoms with Crippen molar-refractivity contribution < 1.29 is 13.2 Å². The number of benzene rings is 1. The molecule has 0 saturated carbocycles. The van der Waals surface area contributed by atoms with E-state index in [1.807, 2.05) is 14.0 Å². The maximum absolute atomic E-state index is 13.0. The van der Waals surface area contributed by atoms with Crippen molar-refractivity contribution in [3.63, 3.8) is 0 Å². The molecular formula is C22H30ClN5O3S. The van der Waals surface area contributed by atoms with Gasteiger partial charge < -0.3 is 10.2 Å². The van der Waals surface area contributed by atoms with Gasteiger partial charge in [0, 0.05) is 50.1 Å². The molecule has 1 aromatic heterocycles. The average Bonchev–Trinajstić information content (AvgIpc) is 3.03. The summed E-state index contributed by atoms with van der Waals surface area (Å²) in [6, 6.07) is 6.32. The third kappa shape index (κ3) is 5.78. The van der Waals surface area contributed by atoms with Gasteiger partial charge in [0.15, 0.2) is 0 Å². The lowest BCUT2D eigenvalue weighted by molar-refractivity contribution is -0.111. The summed E-state index contributed by atoms with van der Waals surface area (Å²) in [6.07, 6.45) is 5.01. The second-order valence-electron chi connectivity index (χ2n) is 7.92. The summed E-state index contributed by atoms with van der Waals surface area (Å²) in [4.78, 5) is 14.7. The van der Waals surface area contributed by atoms with Crippen LogP contribution in [0.15, 0.2) is 35.2 Å². The number of carbonyl (C=O) groups excluding carboxylic acids is 1. The summed E-state index contributed by atoms with van der Waals surface area (Å²) in [5, 5.41) is 7.65. The number of likely N-dealkylation sites (N-methyl/N-ethyl adjacent to an activating group) is 1. The number of nitrogens with zero attached hydrogens (tertiary/aromatic N) is 4. The first kappa shape index (κ1) is 24.4. The highest BCUT2D eigenvalue weighted by Crippen LogP contribution is 2.23. The van der Waals surface area contributed by atoms with Crippen LogP contribution >= 0.6 is 11.6 Å². The quantitative estimate of drug-likeness (QED) is 0.587. The highest BCUT2D eigenvalue weighted by atomic mass is 35.5. The maximum Gasteiger partial charge on any atom is 0.248 e. The fourth-order valence-corrected chi connectivity index (χ4v) is 5.26. The Morgan fingerprint density at radius 1 is 1.25 bits per heavy atom. The topological polar surface area (TPSA) is 87.5 Å². The minimum Gasteiger partial charge on any atom is -0.322 e. The summed E-state index contributed by atoms with van der Waals surface area (Å²) in [5.41, 5.74) is 1.86. The first-order valence-electron chi connectivity index (χ1n) is 10.7. The molecule has 1 saturated heterocycles. The maximum atomic E-state index is 13.0. The number of aryl methyl sites for hydroxylation is 2. The zero-order valence-corrected chi connectivity index (χ0v) is 20.3. The molecule has 0 bridgehead atoms. The molecule has 0 radical (unpaired) electrons. The first-order valence-corrected chi connectivity index (χ1v) is 12.5. The number of halogens is 1. The van der Waals surface area contributed by atoms with Crippen molar-refractivity contribution in [1.29, 1.82) is 0 Å². The summed E-state index contributed by atoms with van der Waals surface area (Å²) in [5.74, 6) is -0.379. The van der Waals surface area contributed by atoms with Crippen LogP contribution in [0.1, 0.15) is 31.0 Å². The minimum atomic E-state index is -3.61. The molecule has 0 aliphatic carbocycles. The number of piperazine rings is 1. The third-order valence-electron chi connectivity index (χ3n) is 5.44. The Bertz CT molecular complexity index is 1090. The van der Waals surface area contributed by atoms with Gasteiger partial charge in [-0.2, -0.15) is 9.40 Å². The molecular weight excluding hydrogens is 450 g/mol. The molecule has 2 aromatic rings. The van der Waals surface area contributed by atoms with Gasteiger partial charge >= 0.3 is 0 Å². The Kier molecular flexibility index (Phi) is 8.10. The van der Waals surface area contributed by atoms with Crippen LogP contribution < -0.4 is 5.32 Å². The predicted octanol–water partition coefficient (Wildman–Crippen LogP) is 3.23. The Balaban J connectivity index is 1.69. The highest BCUT2D eigenvalue weighted by Gasteiger charge is 2.27. The number of hydrogen-bond donors (Lipinski definition) is 1. The van der Waals surface area contributed by atoms with Crippen molar-refractivity contribution in [3.05, 3.63) is 46.8 Å². The minimum absolute atomic E-state index is 0.167.